The second-order valence-corrected chi connectivity index (χ2v) is 5.49. The third kappa shape index (κ3) is 1.74. The summed E-state index contributed by atoms with van der Waals surface area (Å²) in [6.45, 7) is 3.07. The van der Waals surface area contributed by atoms with Crippen LogP contribution in [0.25, 0.3) is 0 Å². The molecule has 1 saturated heterocycles. The summed E-state index contributed by atoms with van der Waals surface area (Å²) in [6.07, 6.45) is 4.57. The highest BCUT2D eigenvalue weighted by molar-refractivity contribution is 5.13. The van der Waals surface area contributed by atoms with E-state index < -0.39 is 6.10 Å². The number of ether oxygens (including phenoxy) is 2. The van der Waals surface area contributed by atoms with Gasteiger partial charge in [-0.1, -0.05) is 12.2 Å². The lowest BCUT2D eigenvalue weighted by Crippen LogP contribution is -2.53. The fourth-order valence-electron chi connectivity index (χ4n) is 3.61. The van der Waals surface area contributed by atoms with Crippen LogP contribution in [0.15, 0.2) is 12.2 Å². The molecule has 2 N–H and O–H groups in total. The van der Waals surface area contributed by atoms with Crippen molar-refractivity contribution in [2.24, 2.45) is 17.8 Å². The molecule has 3 unspecified atom stereocenters. The van der Waals surface area contributed by atoms with E-state index in [-0.39, 0.29) is 17.8 Å². The van der Waals surface area contributed by atoms with E-state index in [0.29, 0.717) is 25.0 Å². The van der Waals surface area contributed by atoms with Crippen LogP contribution in [0.3, 0.4) is 0 Å². The first-order chi connectivity index (χ1) is 8.12. The summed E-state index contributed by atoms with van der Waals surface area (Å²) in [4.78, 5) is 0. The van der Waals surface area contributed by atoms with Gasteiger partial charge < -0.3 is 19.7 Å². The first-order valence-electron chi connectivity index (χ1n) is 6.45. The van der Waals surface area contributed by atoms with Gasteiger partial charge in [0.15, 0.2) is 5.79 Å². The predicted molar refractivity (Wildman–Crippen MR) is 61.2 cm³/mol. The summed E-state index contributed by atoms with van der Waals surface area (Å²) in [5.74, 6) is 0.522. The Hall–Kier alpha value is -0.420. The molecule has 4 nitrogen and oxygen atoms in total. The topological polar surface area (TPSA) is 58.9 Å². The lowest BCUT2D eigenvalue weighted by molar-refractivity contribution is -0.270. The Kier molecular flexibility index (Phi) is 2.78. The summed E-state index contributed by atoms with van der Waals surface area (Å²) in [5.41, 5.74) is 0. The van der Waals surface area contributed by atoms with E-state index in [1.807, 2.05) is 6.08 Å². The average Bonchev–Trinajstić information content (AvgIpc) is 2.83. The molecule has 4 heteroatoms. The molecule has 17 heavy (non-hydrogen) atoms. The third-order valence-corrected chi connectivity index (χ3v) is 4.42. The molecule has 1 spiro atoms. The Balaban J connectivity index is 1.70. The highest BCUT2D eigenvalue weighted by Gasteiger charge is 2.64. The molecule has 2 saturated carbocycles. The molecule has 1 aliphatic heterocycles. The highest BCUT2D eigenvalue weighted by Crippen LogP contribution is 2.59. The van der Waals surface area contributed by atoms with Crippen LogP contribution in [0.5, 0.6) is 0 Å². The second kappa shape index (κ2) is 4.05. The van der Waals surface area contributed by atoms with Gasteiger partial charge in [0.25, 0.3) is 0 Å². The van der Waals surface area contributed by atoms with E-state index in [0.717, 1.165) is 12.8 Å². The highest BCUT2D eigenvalue weighted by atomic mass is 16.7. The molecule has 0 radical (unpaired) electrons. The van der Waals surface area contributed by atoms with Crippen LogP contribution in [0, 0.1) is 17.8 Å². The van der Waals surface area contributed by atoms with Crippen molar-refractivity contribution in [3.05, 3.63) is 12.2 Å². The zero-order valence-corrected chi connectivity index (χ0v) is 10.1. The summed E-state index contributed by atoms with van der Waals surface area (Å²) in [6, 6.07) is 0. The van der Waals surface area contributed by atoms with Gasteiger partial charge in [0.2, 0.25) is 0 Å². The van der Waals surface area contributed by atoms with E-state index >= 15 is 0 Å². The van der Waals surface area contributed by atoms with Crippen molar-refractivity contribution in [1.82, 2.24) is 0 Å². The fourth-order valence-corrected chi connectivity index (χ4v) is 3.61. The first kappa shape index (κ1) is 11.7. The van der Waals surface area contributed by atoms with Crippen molar-refractivity contribution in [1.29, 1.82) is 0 Å². The van der Waals surface area contributed by atoms with Gasteiger partial charge in [-0.2, -0.15) is 0 Å². The maximum atomic E-state index is 10.1. The van der Waals surface area contributed by atoms with Crippen LogP contribution < -0.4 is 0 Å². The molecule has 3 fully saturated rings. The molecular formula is C13H20O4. The van der Waals surface area contributed by atoms with Gasteiger partial charge >= 0.3 is 0 Å². The zero-order chi connectivity index (χ0) is 12.0. The largest absolute Gasteiger partial charge is 0.392 e. The number of rotatable bonds is 2. The third-order valence-electron chi connectivity index (χ3n) is 4.42. The van der Waals surface area contributed by atoms with E-state index in [4.69, 9.17) is 9.47 Å². The molecule has 3 rings (SSSR count). The molecule has 96 valence electrons. The number of fused-ring (bicyclic) bond motifs is 2. The SMILES string of the molecule is CC(O)C=CC1C(O)C[C@H]2[C@H]1CC21OCCO1. The Bertz CT molecular complexity index is 319. The lowest BCUT2D eigenvalue weighted by atomic mass is 9.67. The lowest BCUT2D eigenvalue weighted by Gasteiger charge is -2.49. The minimum absolute atomic E-state index is 0.146. The summed E-state index contributed by atoms with van der Waals surface area (Å²) in [7, 11) is 0. The van der Waals surface area contributed by atoms with Gasteiger partial charge in [-0.05, 0) is 19.3 Å². The molecular weight excluding hydrogens is 220 g/mol. The molecule has 1 heterocycles. The molecule has 0 amide bonds. The molecule has 0 aromatic carbocycles. The molecule has 2 aliphatic carbocycles. The minimum Gasteiger partial charge on any atom is -0.392 e. The molecule has 0 aromatic heterocycles. The van der Waals surface area contributed by atoms with Gasteiger partial charge in [0.05, 0.1) is 25.4 Å². The van der Waals surface area contributed by atoms with Gasteiger partial charge in [-0.3, -0.25) is 0 Å². The van der Waals surface area contributed by atoms with Crippen LogP contribution in [0.1, 0.15) is 19.8 Å². The van der Waals surface area contributed by atoms with Crippen LogP contribution >= 0.6 is 0 Å². The number of hydrogen-bond donors (Lipinski definition) is 2. The minimum atomic E-state index is -0.450. The van der Waals surface area contributed by atoms with Crippen molar-refractivity contribution in [2.45, 2.75) is 37.8 Å². The van der Waals surface area contributed by atoms with Gasteiger partial charge in [-0.25, -0.2) is 0 Å². The second-order valence-electron chi connectivity index (χ2n) is 5.49. The summed E-state index contributed by atoms with van der Waals surface area (Å²) >= 11 is 0. The molecule has 0 aromatic rings. The van der Waals surface area contributed by atoms with Crippen LogP contribution in [0.4, 0.5) is 0 Å². The number of aliphatic hydroxyl groups excluding tert-OH is 2. The first-order valence-corrected chi connectivity index (χ1v) is 6.45. The Morgan fingerprint density at radius 3 is 2.71 bits per heavy atom. The Morgan fingerprint density at radius 1 is 1.35 bits per heavy atom. The standard InChI is InChI=1S/C13H20O4/c1-8(14)2-3-9-10-7-13(16-4-5-17-13)11(10)6-12(9)15/h2-3,8-12,14-15H,4-7H2,1H3/t8?,9?,10-,11-,12?/m0/s1. The average molecular weight is 240 g/mol. The predicted octanol–water partition coefficient (Wildman–Crippen LogP) is 0.683. The quantitative estimate of drug-likeness (QED) is 0.697. The van der Waals surface area contributed by atoms with E-state index in [9.17, 15) is 10.2 Å². The van der Waals surface area contributed by atoms with Gasteiger partial charge in [0, 0.05) is 18.3 Å². The fraction of sp³-hybridized carbons (Fsp3) is 0.846. The molecule has 5 atom stereocenters. The van der Waals surface area contributed by atoms with E-state index in [2.05, 4.69) is 0 Å². The number of aliphatic hydroxyl groups is 2. The summed E-state index contributed by atoms with van der Waals surface area (Å²) in [5, 5.41) is 19.3. The molecule has 3 aliphatic rings. The molecule has 0 bridgehead atoms. The monoisotopic (exact) mass is 240 g/mol. The van der Waals surface area contributed by atoms with Crippen molar-refractivity contribution < 1.29 is 19.7 Å². The zero-order valence-electron chi connectivity index (χ0n) is 10.1. The normalized spacial score (nSPS) is 45.1. The van der Waals surface area contributed by atoms with E-state index in [1.54, 1.807) is 13.0 Å². The van der Waals surface area contributed by atoms with Crippen LogP contribution in [-0.4, -0.2) is 41.4 Å². The van der Waals surface area contributed by atoms with Crippen molar-refractivity contribution in [3.63, 3.8) is 0 Å². The van der Waals surface area contributed by atoms with Crippen molar-refractivity contribution in [3.8, 4) is 0 Å². The number of hydrogen-bond acceptors (Lipinski definition) is 4. The smallest absolute Gasteiger partial charge is 0.171 e. The van der Waals surface area contributed by atoms with Gasteiger partial charge in [-0.15, -0.1) is 0 Å². The maximum Gasteiger partial charge on any atom is 0.171 e. The maximum absolute atomic E-state index is 10.1. The van der Waals surface area contributed by atoms with Crippen LogP contribution in [-0.2, 0) is 9.47 Å². The van der Waals surface area contributed by atoms with Crippen molar-refractivity contribution in [2.75, 3.05) is 13.2 Å². The summed E-state index contributed by atoms with van der Waals surface area (Å²) < 4.78 is 11.4. The van der Waals surface area contributed by atoms with Crippen LogP contribution in [0.2, 0.25) is 0 Å². The Morgan fingerprint density at radius 2 is 2.06 bits per heavy atom. The Labute approximate surface area is 101 Å². The van der Waals surface area contributed by atoms with Gasteiger partial charge in [0.1, 0.15) is 0 Å². The van der Waals surface area contributed by atoms with E-state index in [1.165, 1.54) is 0 Å². The van der Waals surface area contributed by atoms with Crippen molar-refractivity contribution >= 4 is 0 Å².